The van der Waals surface area contributed by atoms with E-state index in [4.69, 9.17) is 0 Å². The summed E-state index contributed by atoms with van der Waals surface area (Å²) in [5.41, 5.74) is 1.45. The van der Waals surface area contributed by atoms with Crippen molar-refractivity contribution in [2.75, 3.05) is 6.61 Å². The molecule has 0 aromatic heterocycles. The van der Waals surface area contributed by atoms with Crippen molar-refractivity contribution in [1.29, 1.82) is 0 Å². The van der Waals surface area contributed by atoms with Crippen LogP contribution >= 0.6 is 0 Å². The topological polar surface area (TPSA) is 37.3 Å². The molecule has 0 aromatic carbocycles. The maximum Gasteiger partial charge on any atom is 0.138 e. The fourth-order valence-corrected chi connectivity index (χ4v) is 5.66. The smallest absolute Gasteiger partial charge is 0.138 e. The molecule has 1 N–H and O–H groups in total. The molecule has 0 radical (unpaired) electrons. The molecule has 0 aromatic rings. The molecule has 2 saturated carbocycles. The lowest BCUT2D eigenvalue weighted by molar-refractivity contribution is -0.142. The molecular formula is C18H28O2. The van der Waals surface area contributed by atoms with Gasteiger partial charge in [-0.05, 0) is 49.9 Å². The van der Waals surface area contributed by atoms with Gasteiger partial charge >= 0.3 is 0 Å². The number of hydrogen-bond acceptors (Lipinski definition) is 2. The first-order valence-electron chi connectivity index (χ1n) is 8.22. The lowest BCUT2D eigenvalue weighted by Crippen LogP contribution is -2.55. The van der Waals surface area contributed by atoms with Crippen LogP contribution in [0.15, 0.2) is 11.6 Å². The molecule has 20 heavy (non-hydrogen) atoms. The van der Waals surface area contributed by atoms with Crippen molar-refractivity contribution in [2.45, 2.75) is 65.7 Å². The van der Waals surface area contributed by atoms with Crippen molar-refractivity contribution < 1.29 is 9.90 Å². The van der Waals surface area contributed by atoms with Crippen LogP contribution in [0.3, 0.4) is 0 Å². The fourth-order valence-electron chi connectivity index (χ4n) is 5.66. The van der Waals surface area contributed by atoms with E-state index in [2.05, 4.69) is 26.8 Å². The van der Waals surface area contributed by atoms with E-state index in [1.165, 1.54) is 12.0 Å². The molecule has 0 saturated heterocycles. The second-order valence-electron chi connectivity index (χ2n) is 8.10. The number of aliphatic hydroxyl groups is 1. The van der Waals surface area contributed by atoms with E-state index in [0.717, 1.165) is 32.1 Å². The molecule has 3 atom stereocenters. The second-order valence-corrected chi connectivity index (χ2v) is 8.10. The van der Waals surface area contributed by atoms with Gasteiger partial charge < -0.3 is 5.11 Å². The summed E-state index contributed by atoms with van der Waals surface area (Å²) >= 11 is 0. The standard InChI is InChI=1S/C18H28O2/c1-16(2)13-7-11-18(12-19)9-5-4-6-14(18)17(13,3)10-8-15(16)20/h6,13,19H,4-5,7-12H2,1-3H3/t13?,17-,18+/m0/s1. The Morgan fingerprint density at radius 3 is 2.70 bits per heavy atom. The minimum atomic E-state index is -0.201. The Balaban J connectivity index is 2.07. The lowest BCUT2D eigenvalue weighted by atomic mass is 9.44. The SMILES string of the molecule is CC1(C)C(=O)CC[C@]2(C)C3=CCCC[C@]3(CO)CCC12. The van der Waals surface area contributed by atoms with Crippen LogP contribution in [0.5, 0.6) is 0 Å². The molecule has 112 valence electrons. The van der Waals surface area contributed by atoms with Crippen LogP contribution in [0, 0.1) is 22.2 Å². The van der Waals surface area contributed by atoms with Gasteiger partial charge in [-0.3, -0.25) is 4.79 Å². The third kappa shape index (κ3) is 1.70. The Kier molecular flexibility index (Phi) is 3.17. The predicted octanol–water partition coefficient (Wildman–Crippen LogP) is 3.88. The van der Waals surface area contributed by atoms with Crippen molar-refractivity contribution in [3.63, 3.8) is 0 Å². The third-order valence-corrected chi connectivity index (χ3v) is 6.84. The van der Waals surface area contributed by atoms with Crippen molar-refractivity contribution >= 4 is 5.78 Å². The van der Waals surface area contributed by atoms with E-state index in [-0.39, 0.29) is 22.9 Å². The number of fused-ring (bicyclic) bond motifs is 3. The summed E-state index contributed by atoms with van der Waals surface area (Å²) in [4.78, 5) is 12.4. The summed E-state index contributed by atoms with van der Waals surface area (Å²) in [5.74, 6) is 0.883. The Morgan fingerprint density at radius 1 is 1.25 bits per heavy atom. The fraction of sp³-hybridized carbons (Fsp3) is 0.833. The number of carbonyl (C=O) groups excluding carboxylic acids is 1. The first-order valence-corrected chi connectivity index (χ1v) is 8.22. The molecule has 3 aliphatic rings. The van der Waals surface area contributed by atoms with Gasteiger partial charge in [-0.1, -0.05) is 32.4 Å². The van der Waals surface area contributed by atoms with E-state index in [9.17, 15) is 9.90 Å². The van der Waals surface area contributed by atoms with Gasteiger partial charge in [0.2, 0.25) is 0 Å². The zero-order valence-electron chi connectivity index (χ0n) is 13.2. The van der Waals surface area contributed by atoms with Crippen molar-refractivity contribution in [1.82, 2.24) is 0 Å². The molecule has 3 aliphatic carbocycles. The first-order chi connectivity index (χ1) is 9.37. The predicted molar refractivity (Wildman–Crippen MR) is 80.3 cm³/mol. The molecule has 0 bridgehead atoms. The van der Waals surface area contributed by atoms with Gasteiger partial charge in [0.25, 0.3) is 0 Å². The summed E-state index contributed by atoms with van der Waals surface area (Å²) < 4.78 is 0. The zero-order valence-corrected chi connectivity index (χ0v) is 13.2. The van der Waals surface area contributed by atoms with Crippen LogP contribution in [0.2, 0.25) is 0 Å². The highest BCUT2D eigenvalue weighted by atomic mass is 16.3. The molecule has 0 aliphatic heterocycles. The Hall–Kier alpha value is -0.630. The molecule has 0 amide bonds. The number of carbonyl (C=O) groups is 1. The van der Waals surface area contributed by atoms with E-state index in [1.54, 1.807) is 0 Å². The maximum absolute atomic E-state index is 12.4. The van der Waals surface area contributed by atoms with Gasteiger partial charge in [0, 0.05) is 17.3 Å². The first kappa shape index (κ1) is 14.3. The summed E-state index contributed by atoms with van der Waals surface area (Å²) in [6.45, 7) is 6.95. The molecule has 2 heteroatoms. The highest BCUT2D eigenvalue weighted by Gasteiger charge is 2.59. The van der Waals surface area contributed by atoms with Gasteiger partial charge in [0.1, 0.15) is 5.78 Å². The molecule has 2 fully saturated rings. The van der Waals surface area contributed by atoms with Gasteiger partial charge in [0.05, 0.1) is 6.61 Å². The van der Waals surface area contributed by atoms with Gasteiger partial charge in [0.15, 0.2) is 0 Å². The average Bonchev–Trinajstić information content (AvgIpc) is 2.43. The van der Waals surface area contributed by atoms with E-state index in [0.29, 0.717) is 18.1 Å². The summed E-state index contributed by atoms with van der Waals surface area (Å²) in [6, 6.07) is 0. The molecule has 1 unspecified atom stereocenters. The zero-order chi connectivity index (χ0) is 14.6. The van der Waals surface area contributed by atoms with E-state index >= 15 is 0 Å². The lowest BCUT2D eigenvalue weighted by Gasteiger charge is -2.60. The van der Waals surface area contributed by atoms with Crippen molar-refractivity contribution in [2.24, 2.45) is 22.2 Å². The van der Waals surface area contributed by atoms with Crippen LogP contribution in [-0.4, -0.2) is 17.5 Å². The normalized spacial score (nSPS) is 43.5. The van der Waals surface area contributed by atoms with Crippen LogP contribution in [0.1, 0.15) is 65.7 Å². The number of ketones is 1. The largest absolute Gasteiger partial charge is 0.395 e. The Bertz CT molecular complexity index is 462. The second kappa shape index (κ2) is 4.43. The van der Waals surface area contributed by atoms with Crippen LogP contribution in [0.4, 0.5) is 0 Å². The number of hydrogen-bond donors (Lipinski definition) is 1. The monoisotopic (exact) mass is 276 g/mol. The Morgan fingerprint density at radius 2 is 2.00 bits per heavy atom. The Labute approximate surface area is 122 Å². The highest BCUT2D eigenvalue weighted by Crippen LogP contribution is 2.65. The van der Waals surface area contributed by atoms with Crippen molar-refractivity contribution in [3.05, 3.63) is 11.6 Å². The molecular weight excluding hydrogens is 248 g/mol. The number of allylic oxidation sites excluding steroid dienone is 1. The van der Waals surface area contributed by atoms with Gasteiger partial charge in [-0.2, -0.15) is 0 Å². The van der Waals surface area contributed by atoms with Crippen LogP contribution < -0.4 is 0 Å². The minimum absolute atomic E-state index is 0.0277. The highest BCUT2D eigenvalue weighted by molar-refractivity contribution is 5.85. The van der Waals surface area contributed by atoms with Gasteiger partial charge in [-0.25, -0.2) is 0 Å². The summed E-state index contributed by atoms with van der Waals surface area (Å²) in [6.07, 6.45) is 9.73. The third-order valence-electron chi connectivity index (χ3n) is 6.84. The van der Waals surface area contributed by atoms with Crippen molar-refractivity contribution in [3.8, 4) is 0 Å². The number of aliphatic hydroxyl groups excluding tert-OH is 1. The molecule has 3 rings (SSSR count). The van der Waals surface area contributed by atoms with E-state index in [1.807, 2.05) is 0 Å². The number of rotatable bonds is 1. The van der Waals surface area contributed by atoms with E-state index < -0.39 is 0 Å². The van der Waals surface area contributed by atoms with Crippen LogP contribution in [-0.2, 0) is 4.79 Å². The average molecular weight is 276 g/mol. The molecule has 0 heterocycles. The molecule has 2 nitrogen and oxygen atoms in total. The summed E-state index contributed by atoms with van der Waals surface area (Å²) in [7, 11) is 0. The van der Waals surface area contributed by atoms with Crippen LogP contribution in [0.25, 0.3) is 0 Å². The van der Waals surface area contributed by atoms with Gasteiger partial charge in [-0.15, -0.1) is 0 Å². The number of Topliss-reactive ketones (excluding diaryl/α,β-unsaturated/α-hetero) is 1. The molecule has 0 spiro atoms. The quantitative estimate of drug-likeness (QED) is 0.738. The summed E-state index contributed by atoms with van der Waals surface area (Å²) in [5, 5.41) is 10.1. The minimum Gasteiger partial charge on any atom is -0.395 e. The maximum atomic E-state index is 12.4.